The van der Waals surface area contributed by atoms with Crippen molar-refractivity contribution in [1.82, 2.24) is 9.88 Å². The van der Waals surface area contributed by atoms with Gasteiger partial charge in [0, 0.05) is 10.4 Å². The van der Waals surface area contributed by atoms with Crippen molar-refractivity contribution in [2.24, 2.45) is 0 Å². The molecule has 0 radical (unpaired) electrons. The van der Waals surface area contributed by atoms with Gasteiger partial charge in [-0.25, -0.2) is 4.98 Å². The van der Waals surface area contributed by atoms with Crippen LogP contribution in [0.1, 0.15) is 49.3 Å². The van der Waals surface area contributed by atoms with Gasteiger partial charge in [0.05, 0.1) is 23.3 Å². The van der Waals surface area contributed by atoms with Gasteiger partial charge in [-0.05, 0) is 41.5 Å². The van der Waals surface area contributed by atoms with Crippen molar-refractivity contribution in [2.75, 3.05) is 6.54 Å². The second kappa shape index (κ2) is 5.36. The van der Waals surface area contributed by atoms with Gasteiger partial charge in [0.25, 0.3) is 0 Å². The first-order valence-corrected chi connectivity index (χ1v) is 6.87. The number of carbonyl (C=O) groups is 1. The molecule has 1 atom stereocenters. The smallest absolute Gasteiger partial charge is 0.317 e. The Labute approximate surface area is 113 Å². The topological polar surface area (TPSA) is 53.4 Å². The molecule has 0 aliphatic rings. The van der Waals surface area contributed by atoms with Gasteiger partial charge in [0.15, 0.2) is 0 Å². The van der Waals surface area contributed by atoms with E-state index in [9.17, 15) is 4.79 Å². The number of thiazole rings is 1. The summed E-state index contributed by atoms with van der Waals surface area (Å²) in [7, 11) is 0. The summed E-state index contributed by atoms with van der Waals surface area (Å²) in [5.74, 6) is -0.804. The van der Waals surface area contributed by atoms with Crippen LogP contribution in [0.25, 0.3) is 0 Å². The van der Waals surface area contributed by atoms with E-state index < -0.39 is 5.97 Å². The quantitative estimate of drug-likeness (QED) is 0.913. The second-order valence-electron chi connectivity index (χ2n) is 5.54. The van der Waals surface area contributed by atoms with Gasteiger partial charge in [0.1, 0.15) is 0 Å². The summed E-state index contributed by atoms with van der Waals surface area (Å²) < 4.78 is 0. The van der Waals surface area contributed by atoms with Crippen LogP contribution in [0.2, 0.25) is 0 Å². The zero-order valence-electron chi connectivity index (χ0n) is 11.9. The molecule has 0 aromatic carbocycles. The maximum absolute atomic E-state index is 11.0. The number of hydrogen-bond donors (Lipinski definition) is 1. The summed E-state index contributed by atoms with van der Waals surface area (Å²) in [6.45, 7) is 12.2. The molecule has 0 fully saturated rings. The zero-order chi connectivity index (χ0) is 14.1. The molecule has 1 heterocycles. The van der Waals surface area contributed by atoms with Gasteiger partial charge >= 0.3 is 5.97 Å². The lowest BCUT2D eigenvalue weighted by Gasteiger charge is -2.38. The molecule has 1 N–H and O–H groups in total. The Morgan fingerprint density at radius 1 is 1.44 bits per heavy atom. The summed E-state index contributed by atoms with van der Waals surface area (Å²) in [5.41, 5.74) is 0.788. The Hall–Kier alpha value is -0.940. The third kappa shape index (κ3) is 3.53. The molecule has 5 heteroatoms. The van der Waals surface area contributed by atoms with Gasteiger partial charge in [-0.15, -0.1) is 11.3 Å². The van der Waals surface area contributed by atoms with Crippen LogP contribution >= 0.6 is 11.3 Å². The fourth-order valence-corrected chi connectivity index (χ4v) is 3.09. The average Bonchev–Trinajstić information content (AvgIpc) is 2.51. The fourth-order valence-electron chi connectivity index (χ4n) is 2.18. The zero-order valence-corrected chi connectivity index (χ0v) is 12.8. The highest BCUT2D eigenvalue weighted by molar-refractivity contribution is 7.11. The van der Waals surface area contributed by atoms with Gasteiger partial charge in [-0.3, -0.25) is 9.69 Å². The number of nitrogens with zero attached hydrogens (tertiary/aromatic N) is 2. The van der Waals surface area contributed by atoms with E-state index in [0.717, 1.165) is 10.7 Å². The molecule has 18 heavy (non-hydrogen) atoms. The van der Waals surface area contributed by atoms with E-state index in [0.29, 0.717) is 0 Å². The second-order valence-corrected chi connectivity index (χ2v) is 6.95. The van der Waals surface area contributed by atoms with E-state index in [4.69, 9.17) is 5.11 Å². The lowest BCUT2D eigenvalue weighted by atomic mass is 10.0. The Morgan fingerprint density at radius 3 is 2.33 bits per heavy atom. The molecule has 0 saturated heterocycles. The van der Waals surface area contributed by atoms with Crippen LogP contribution in [0, 0.1) is 13.8 Å². The van der Waals surface area contributed by atoms with Crippen LogP contribution in [0.15, 0.2) is 0 Å². The number of hydrogen-bond acceptors (Lipinski definition) is 4. The molecule has 1 rings (SSSR count). The average molecular weight is 270 g/mol. The van der Waals surface area contributed by atoms with Crippen LogP contribution in [-0.4, -0.2) is 33.0 Å². The molecule has 0 spiro atoms. The summed E-state index contributed by atoms with van der Waals surface area (Å²) in [6, 6.07) is 0.00560. The molecule has 1 unspecified atom stereocenters. The number of aliphatic carboxylic acids is 1. The first-order chi connectivity index (χ1) is 8.12. The van der Waals surface area contributed by atoms with Gasteiger partial charge in [-0.2, -0.15) is 0 Å². The molecular formula is C13H22N2O2S. The van der Waals surface area contributed by atoms with E-state index in [1.165, 1.54) is 4.88 Å². The normalized spacial score (nSPS) is 13.9. The molecule has 0 amide bonds. The van der Waals surface area contributed by atoms with Crippen molar-refractivity contribution in [3.63, 3.8) is 0 Å². The minimum atomic E-state index is -0.804. The summed E-state index contributed by atoms with van der Waals surface area (Å²) in [4.78, 5) is 18.7. The van der Waals surface area contributed by atoms with Gasteiger partial charge in [0.2, 0.25) is 0 Å². The summed E-state index contributed by atoms with van der Waals surface area (Å²) in [5, 5.41) is 10.1. The SMILES string of the molecule is Cc1nc(C(C)N(CC(=O)O)C(C)(C)C)c(C)s1. The maximum atomic E-state index is 11.0. The van der Waals surface area contributed by atoms with Crippen molar-refractivity contribution in [3.8, 4) is 0 Å². The van der Waals surface area contributed by atoms with Crippen LogP contribution in [-0.2, 0) is 4.79 Å². The molecule has 0 aliphatic heterocycles. The lowest BCUT2D eigenvalue weighted by molar-refractivity contribution is -0.140. The van der Waals surface area contributed by atoms with Crippen molar-refractivity contribution in [2.45, 2.75) is 53.1 Å². The molecular weight excluding hydrogens is 248 g/mol. The van der Waals surface area contributed by atoms with E-state index >= 15 is 0 Å². The van der Waals surface area contributed by atoms with Crippen LogP contribution in [0.3, 0.4) is 0 Å². The monoisotopic (exact) mass is 270 g/mol. The minimum Gasteiger partial charge on any atom is -0.480 e. The first kappa shape index (κ1) is 15.1. The Bertz CT molecular complexity index is 435. The van der Waals surface area contributed by atoms with Crippen LogP contribution < -0.4 is 0 Å². The number of aryl methyl sites for hydroxylation is 2. The molecule has 0 bridgehead atoms. The van der Waals surface area contributed by atoms with Gasteiger partial charge < -0.3 is 5.11 Å². The van der Waals surface area contributed by atoms with E-state index in [2.05, 4.69) is 4.98 Å². The van der Waals surface area contributed by atoms with E-state index in [1.807, 2.05) is 46.4 Å². The van der Waals surface area contributed by atoms with Crippen molar-refractivity contribution in [1.29, 1.82) is 0 Å². The van der Waals surface area contributed by atoms with Crippen molar-refractivity contribution >= 4 is 17.3 Å². The van der Waals surface area contributed by atoms with Crippen molar-refractivity contribution in [3.05, 3.63) is 15.6 Å². The highest BCUT2D eigenvalue weighted by Crippen LogP contribution is 2.31. The standard InChI is InChI=1S/C13H22N2O2S/c1-8(12-9(2)18-10(3)14-12)15(7-11(16)17)13(4,5)6/h8H,7H2,1-6H3,(H,16,17). The summed E-state index contributed by atoms with van der Waals surface area (Å²) in [6.07, 6.45) is 0. The van der Waals surface area contributed by atoms with E-state index in [-0.39, 0.29) is 18.1 Å². The highest BCUT2D eigenvalue weighted by atomic mass is 32.1. The molecule has 0 aliphatic carbocycles. The number of carboxylic acid groups (broad SMARTS) is 1. The van der Waals surface area contributed by atoms with Crippen LogP contribution in [0.5, 0.6) is 0 Å². The van der Waals surface area contributed by atoms with E-state index in [1.54, 1.807) is 11.3 Å². The van der Waals surface area contributed by atoms with Gasteiger partial charge in [-0.1, -0.05) is 0 Å². The Morgan fingerprint density at radius 2 is 2.00 bits per heavy atom. The maximum Gasteiger partial charge on any atom is 0.317 e. The first-order valence-electron chi connectivity index (χ1n) is 6.05. The largest absolute Gasteiger partial charge is 0.480 e. The highest BCUT2D eigenvalue weighted by Gasteiger charge is 2.31. The number of aromatic nitrogens is 1. The van der Waals surface area contributed by atoms with Crippen molar-refractivity contribution < 1.29 is 9.90 Å². The number of carboxylic acids is 1. The molecule has 4 nitrogen and oxygen atoms in total. The molecule has 1 aromatic rings. The Balaban J connectivity index is 3.06. The predicted octanol–water partition coefficient (Wildman–Crippen LogP) is 3.01. The molecule has 1 aromatic heterocycles. The third-order valence-corrected chi connectivity index (χ3v) is 3.87. The molecule has 0 saturated carbocycles. The van der Waals surface area contributed by atoms with Crippen LogP contribution in [0.4, 0.5) is 0 Å². The summed E-state index contributed by atoms with van der Waals surface area (Å²) >= 11 is 1.66. The minimum absolute atomic E-state index is 0.00560. The Kier molecular flexibility index (Phi) is 4.50. The predicted molar refractivity (Wildman–Crippen MR) is 74.1 cm³/mol. The lowest BCUT2D eigenvalue weighted by Crippen LogP contribution is -2.46. The molecule has 102 valence electrons. The number of rotatable bonds is 4. The fraction of sp³-hybridized carbons (Fsp3) is 0.692. The third-order valence-electron chi connectivity index (χ3n) is 2.97.